The molecule has 1 heterocycles. The number of alkyl carbamates (subject to hydrolysis) is 1. The van der Waals surface area contributed by atoms with E-state index in [1.807, 2.05) is 0 Å². The molecule has 0 aromatic heterocycles. The molecule has 1 aliphatic heterocycles. The van der Waals surface area contributed by atoms with Crippen molar-refractivity contribution in [2.24, 2.45) is 0 Å². The van der Waals surface area contributed by atoms with Crippen molar-refractivity contribution in [3.8, 4) is 0 Å². The normalized spacial score (nSPS) is 21.4. The van der Waals surface area contributed by atoms with Crippen LogP contribution in [0.4, 0.5) is 4.79 Å². The molecule has 1 atom stereocenters. The average Bonchev–Trinajstić information content (AvgIpc) is 2.52. The van der Waals surface area contributed by atoms with Gasteiger partial charge in [-0.3, -0.25) is 4.79 Å². The first-order valence-corrected chi connectivity index (χ1v) is 4.27. The zero-order chi connectivity index (χ0) is 9.84. The molecule has 13 heavy (non-hydrogen) atoms. The summed E-state index contributed by atoms with van der Waals surface area (Å²) in [5.41, 5.74) is 0. The summed E-state index contributed by atoms with van der Waals surface area (Å²) in [5.74, 6) is -0.0149. The van der Waals surface area contributed by atoms with E-state index in [2.05, 4.69) is 10.1 Å². The molecule has 1 fully saturated rings. The Kier molecular flexibility index (Phi) is 3.11. The fraction of sp³-hybridized carbons (Fsp3) is 0.750. The van der Waals surface area contributed by atoms with Gasteiger partial charge < -0.3 is 15.0 Å². The van der Waals surface area contributed by atoms with Crippen LogP contribution >= 0.6 is 0 Å². The molecular formula is C8H14N2O3. The zero-order valence-electron chi connectivity index (χ0n) is 7.87. The molecule has 0 radical (unpaired) electrons. The predicted octanol–water partition coefficient (Wildman–Crippen LogP) is 0.311. The Balaban J connectivity index is 2.48. The molecule has 74 valence electrons. The molecule has 1 unspecified atom stereocenters. The van der Waals surface area contributed by atoms with Gasteiger partial charge in [0.1, 0.15) is 6.17 Å². The molecule has 1 aliphatic rings. The number of carbonyl (C=O) groups excluding carboxylic acids is 2. The lowest BCUT2D eigenvalue weighted by atomic mass is 10.3. The first-order chi connectivity index (χ1) is 6.15. The molecule has 0 aromatic carbocycles. The van der Waals surface area contributed by atoms with Crippen LogP contribution in [0.1, 0.15) is 19.8 Å². The number of nitrogens with zero attached hydrogens (tertiary/aromatic N) is 1. The number of nitrogens with one attached hydrogen (secondary N) is 1. The van der Waals surface area contributed by atoms with Gasteiger partial charge in [-0.2, -0.15) is 0 Å². The summed E-state index contributed by atoms with van der Waals surface area (Å²) in [7, 11) is 1.31. The molecule has 2 amide bonds. The number of likely N-dealkylation sites (tertiary alicyclic amines) is 1. The Labute approximate surface area is 77.0 Å². The van der Waals surface area contributed by atoms with E-state index in [1.54, 1.807) is 4.90 Å². The van der Waals surface area contributed by atoms with Crippen LogP contribution in [0, 0.1) is 0 Å². The fourth-order valence-corrected chi connectivity index (χ4v) is 1.49. The van der Waals surface area contributed by atoms with Crippen LogP contribution in [0.3, 0.4) is 0 Å². The van der Waals surface area contributed by atoms with Gasteiger partial charge >= 0.3 is 6.09 Å². The Morgan fingerprint density at radius 2 is 2.23 bits per heavy atom. The van der Waals surface area contributed by atoms with E-state index < -0.39 is 6.09 Å². The minimum atomic E-state index is -0.488. The van der Waals surface area contributed by atoms with E-state index >= 15 is 0 Å². The Morgan fingerprint density at radius 1 is 1.54 bits per heavy atom. The van der Waals surface area contributed by atoms with Crippen LogP contribution in [-0.4, -0.2) is 36.7 Å². The van der Waals surface area contributed by atoms with E-state index in [0.29, 0.717) is 6.54 Å². The van der Waals surface area contributed by atoms with Gasteiger partial charge in [0.25, 0.3) is 0 Å². The van der Waals surface area contributed by atoms with E-state index in [1.165, 1.54) is 14.0 Å². The van der Waals surface area contributed by atoms with Crippen molar-refractivity contribution >= 4 is 12.0 Å². The fourth-order valence-electron chi connectivity index (χ4n) is 1.49. The van der Waals surface area contributed by atoms with Crippen LogP contribution in [0.15, 0.2) is 0 Å². The van der Waals surface area contributed by atoms with E-state index in [0.717, 1.165) is 12.8 Å². The van der Waals surface area contributed by atoms with Gasteiger partial charge in [0, 0.05) is 13.5 Å². The molecule has 1 saturated heterocycles. The number of hydrogen-bond donors (Lipinski definition) is 1. The molecular weight excluding hydrogens is 172 g/mol. The molecule has 0 aliphatic carbocycles. The summed E-state index contributed by atoms with van der Waals surface area (Å²) < 4.78 is 4.45. The molecule has 5 nitrogen and oxygen atoms in total. The van der Waals surface area contributed by atoms with Gasteiger partial charge in [-0.05, 0) is 12.8 Å². The third kappa shape index (κ3) is 2.34. The summed E-state index contributed by atoms with van der Waals surface area (Å²) in [6.07, 6.45) is 1.05. The third-order valence-corrected chi connectivity index (χ3v) is 2.13. The van der Waals surface area contributed by atoms with Crippen LogP contribution in [0.5, 0.6) is 0 Å². The number of rotatable bonds is 1. The number of ether oxygens (including phenoxy) is 1. The summed E-state index contributed by atoms with van der Waals surface area (Å²) in [6.45, 7) is 2.21. The van der Waals surface area contributed by atoms with E-state index in [4.69, 9.17) is 0 Å². The van der Waals surface area contributed by atoms with Crippen molar-refractivity contribution in [3.05, 3.63) is 0 Å². The Morgan fingerprint density at radius 3 is 2.77 bits per heavy atom. The lowest BCUT2D eigenvalue weighted by molar-refractivity contribution is -0.129. The van der Waals surface area contributed by atoms with E-state index in [9.17, 15) is 9.59 Å². The topological polar surface area (TPSA) is 58.6 Å². The van der Waals surface area contributed by atoms with Crippen LogP contribution in [-0.2, 0) is 9.53 Å². The second-order valence-corrected chi connectivity index (χ2v) is 3.01. The van der Waals surface area contributed by atoms with E-state index in [-0.39, 0.29) is 12.1 Å². The molecule has 1 rings (SSSR count). The van der Waals surface area contributed by atoms with Crippen LogP contribution < -0.4 is 5.32 Å². The van der Waals surface area contributed by atoms with Crippen molar-refractivity contribution in [3.63, 3.8) is 0 Å². The quantitative estimate of drug-likeness (QED) is 0.641. The summed E-state index contributed by atoms with van der Waals surface area (Å²) >= 11 is 0. The van der Waals surface area contributed by atoms with Gasteiger partial charge in [0.05, 0.1) is 7.11 Å². The van der Waals surface area contributed by atoms with Crippen LogP contribution in [0.2, 0.25) is 0 Å². The highest BCUT2D eigenvalue weighted by molar-refractivity contribution is 5.75. The maximum atomic E-state index is 11.1. The molecule has 0 bridgehead atoms. The molecule has 1 N–H and O–H groups in total. The second-order valence-electron chi connectivity index (χ2n) is 3.01. The Hall–Kier alpha value is -1.26. The SMILES string of the molecule is COC(=O)NC1CCCN1C(C)=O. The number of amides is 2. The summed E-state index contributed by atoms with van der Waals surface area (Å²) in [6, 6.07) is 0. The molecule has 0 aromatic rings. The van der Waals surface area contributed by atoms with Gasteiger partial charge in [0.15, 0.2) is 0 Å². The number of methoxy groups -OCH3 is 1. The third-order valence-electron chi connectivity index (χ3n) is 2.13. The van der Waals surface area contributed by atoms with Crippen molar-refractivity contribution in [1.29, 1.82) is 0 Å². The largest absolute Gasteiger partial charge is 0.453 e. The highest BCUT2D eigenvalue weighted by Crippen LogP contribution is 2.14. The minimum Gasteiger partial charge on any atom is -0.453 e. The first kappa shape index (κ1) is 9.83. The van der Waals surface area contributed by atoms with Gasteiger partial charge in [-0.1, -0.05) is 0 Å². The maximum absolute atomic E-state index is 11.1. The van der Waals surface area contributed by atoms with Crippen LogP contribution in [0.25, 0.3) is 0 Å². The lowest BCUT2D eigenvalue weighted by Gasteiger charge is -2.23. The van der Waals surface area contributed by atoms with Gasteiger partial charge in [-0.15, -0.1) is 0 Å². The smallest absolute Gasteiger partial charge is 0.408 e. The van der Waals surface area contributed by atoms with Gasteiger partial charge in [-0.25, -0.2) is 4.79 Å². The highest BCUT2D eigenvalue weighted by Gasteiger charge is 2.27. The monoisotopic (exact) mass is 186 g/mol. The van der Waals surface area contributed by atoms with Crippen molar-refractivity contribution in [2.45, 2.75) is 25.9 Å². The number of carbonyl (C=O) groups is 2. The van der Waals surface area contributed by atoms with Crippen molar-refractivity contribution in [2.75, 3.05) is 13.7 Å². The lowest BCUT2D eigenvalue weighted by Crippen LogP contribution is -2.46. The number of hydrogen-bond acceptors (Lipinski definition) is 3. The maximum Gasteiger partial charge on any atom is 0.408 e. The Bertz CT molecular complexity index is 217. The van der Waals surface area contributed by atoms with Crippen molar-refractivity contribution < 1.29 is 14.3 Å². The zero-order valence-corrected chi connectivity index (χ0v) is 7.87. The summed E-state index contributed by atoms with van der Waals surface area (Å²) in [5, 5.41) is 2.60. The van der Waals surface area contributed by atoms with Gasteiger partial charge in [0.2, 0.25) is 5.91 Å². The molecule has 0 saturated carbocycles. The molecule has 0 spiro atoms. The predicted molar refractivity (Wildman–Crippen MR) is 45.9 cm³/mol. The standard InChI is InChI=1S/C8H14N2O3/c1-6(11)10-5-3-4-7(10)9-8(12)13-2/h7H,3-5H2,1-2H3,(H,9,12). The first-order valence-electron chi connectivity index (χ1n) is 4.27. The second kappa shape index (κ2) is 4.11. The highest BCUT2D eigenvalue weighted by atomic mass is 16.5. The summed E-state index contributed by atoms with van der Waals surface area (Å²) in [4.78, 5) is 23.6. The van der Waals surface area contributed by atoms with Crippen molar-refractivity contribution in [1.82, 2.24) is 10.2 Å². The molecule has 5 heteroatoms. The minimum absolute atomic E-state index is 0.0149. The average molecular weight is 186 g/mol.